The van der Waals surface area contributed by atoms with Crippen molar-refractivity contribution in [3.8, 4) is 11.1 Å². The number of nitrogens with one attached hydrogen (secondary N) is 1. The van der Waals surface area contributed by atoms with E-state index in [4.69, 9.17) is 14.6 Å². The van der Waals surface area contributed by atoms with Crippen LogP contribution in [0.1, 0.15) is 67.3 Å². The standard InChI is InChI=1S/C35H42N2O7/c1-23-31(21-37-16-15-30(39)20-37)43-35(44-34(23)26-13-11-24(22-38)12-14-26)29-8-3-7-28(18-29)27-6-2-5-25(17-27)19-36-32(40)9-4-10-33(41)42/h2-3,5-8,11-14,17-18,23,30-31,34-35,38-39H,4,9-10,15-16,19-22H2,1H3,(H,36,40)(H,41,42). The van der Waals surface area contributed by atoms with Crippen molar-refractivity contribution in [3.05, 3.63) is 95.1 Å². The van der Waals surface area contributed by atoms with Gasteiger partial charge in [0.1, 0.15) is 0 Å². The Hall–Kier alpha value is -3.60. The van der Waals surface area contributed by atoms with Crippen LogP contribution >= 0.6 is 0 Å². The molecule has 2 saturated heterocycles. The molecule has 2 aliphatic heterocycles. The van der Waals surface area contributed by atoms with Crippen molar-refractivity contribution in [2.24, 2.45) is 5.92 Å². The predicted octanol–water partition coefficient (Wildman–Crippen LogP) is 4.58. The second kappa shape index (κ2) is 14.9. The number of β-amino-alcohol motifs (C(OH)–C–C–N with tert-alkyl or cyclic N) is 1. The first kappa shape index (κ1) is 31.8. The lowest BCUT2D eigenvalue weighted by molar-refractivity contribution is -0.276. The normalized spacial score (nSPS) is 23.8. The molecule has 1 amide bonds. The molecule has 2 fully saturated rings. The number of rotatable bonds is 12. The summed E-state index contributed by atoms with van der Waals surface area (Å²) in [6.07, 6.45) is -0.000389. The first-order valence-corrected chi connectivity index (χ1v) is 15.4. The number of hydrogen-bond donors (Lipinski definition) is 4. The van der Waals surface area contributed by atoms with E-state index >= 15 is 0 Å². The number of amides is 1. The summed E-state index contributed by atoms with van der Waals surface area (Å²) in [4.78, 5) is 25.1. The van der Waals surface area contributed by atoms with Crippen LogP contribution in [-0.2, 0) is 32.2 Å². The van der Waals surface area contributed by atoms with Gasteiger partial charge in [-0.2, -0.15) is 0 Å². The summed E-state index contributed by atoms with van der Waals surface area (Å²) in [5, 5.41) is 31.3. The third kappa shape index (κ3) is 8.31. The number of aliphatic hydroxyl groups excluding tert-OH is 2. The van der Waals surface area contributed by atoms with Crippen molar-refractivity contribution in [2.75, 3.05) is 19.6 Å². The number of nitrogens with zero attached hydrogens (tertiary/aromatic N) is 1. The summed E-state index contributed by atoms with van der Waals surface area (Å²) in [7, 11) is 0. The summed E-state index contributed by atoms with van der Waals surface area (Å²) in [6.45, 7) is 4.67. The Bertz CT molecular complexity index is 1410. The van der Waals surface area contributed by atoms with Crippen LogP contribution < -0.4 is 5.32 Å². The van der Waals surface area contributed by atoms with E-state index in [9.17, 15) is 19.8 Å². The van der Waals surface area contributed by atoms with Gasteiger partial charge in [-0.1, -0.05) is 67.6 Å². The summed E-state index contributed by atoms with van der Waals surface area (Å²) in [5.74, 6) is -1.01. The highest BCUT2D eigenvalue weighted by Crippen LogP contribution is 2.42. The fourth-order valence-corrected chi connectivity index (χ4v) is 5.98. The van der Waals surface area contributed by atoms with E-state index in [1.54, 1.807) is 0 Å². The topological polar surface area (TPSA) is 129 Å². The van der Waals surface area contributed by atoms with Crippen molar-refractivity contribution in [3.63, 3.8) is 0 Å². The Morgan fingerprint density at radius 3 is 2.39 bits per heavy atom. The zero-order chi connectivity index (χ0) is 31.1. The molecule has 9 nitrogen and oxygen atoms in total. The number of carboxylic acids is 1. The molecule has 2 heterocycles. The fourth-order valence-electron chi connectivity index (χ4n) is 5.98. The Labute approximate surface area is 258 Å². The Kier molecular flexibility index (Phi) is 10.8. The number of likely N-dealkylation sites (tertiary alicyclic amines) is 1. The van der Waals surface area contributed by atoms with Gasteiger partial charge in [-0.15, -0.1) is 0 Å². The number of hydrogen-bond acceptors (Lipinski definition) is 7. The van der Waals surface area contributed by atoms with Gasteiger partial charge in [0, 0.05) is 50.5 Å². The van der Waals surface area contributed by atoms with E-state index in [0.717, 1.165) is 46.3 Å². The van der Waals surface area contributed by atoms with Crippen LogP contribution in [0.4, 0.5) is 0 Å². The van der Waals surface area contributed by atoms with E-state index in [1.807, 2.05) is 66.7 Å². The predicted molar refractivity (Wildman–Crippen MR) is 165 cm³/mol. The molecule has 44 heavy (non-hydrogen) atoms. The minimum Gasteiger partial charge on any atom is -0.481 e. The highest BCUT2D eigenvalue weighted by Gasteiger charge is 2.40. The smallest absolute Gasteiger partial charge is 0.303 e. The molecule has 3 aromatic carbocycles. The molecule has 0 radical (unpaired) electrons. The largest absolute Gasteiger partial charge is 0.481 e. The van der Waals surface area contributed by atoms with Crippen LogP contribution in [0.2, 0.25) is 0 Å². The summed E-state index contributed by atoms with van der Waals surface area (Å²) >= 11 is 0. The minimum absolute atomic E-state index is 0.0137. The van der Waals surface area contributed by atoms with Gasteiger partial charge in [0.05, 0.1) is 24.9 Å². The number of ether oxygens (including phenoxy) is 2. The van der Waals surface area contributed by atoms with Gasteiger partial charge in [0.25, 0.3) is 0 Å². The van der Waals surface area contributed by atoms with Gasteiger partial charge in [-0.25, -0.2) is 0 Å². The number of aliphatic hydroxyl groups is 2. The van der Waals surface area contributed by atoms with E-state index in [0.29, 0.717) is 26.1 Å². The van der Waals surface area contributed by atoms with Gasteiger partial charge in [-0.05, 0) is 52.8 Å². The summed E-state index contributed by atoms with van der Waals surface area (Å²) in [6, 6.07) is 23.9. The molecular formula is C35H42N2O7. The molecule has 0 aromatic heterocycles. The zero-order valence-corrected chi connectivity index (χ0v) is 25.1. The lowest BCUT2D eigenvalue weighted by Crippen LogP contribution is -2.44. The van der Waals surface area contributed by atoms with E-state index in [-0.39, 0.29) is 49.6 Å². The molecule has 234 valence electrons. The van der Waals surface area contributed by atoms with Crippen molar-refractivity contribution >= 4 is 11.9 Å². The van der Waals surface area contributed by atoms with Gasteiger partial charge in [0.2, 0.25) is 5.91 Å². The van der Waals surface area contributed by atoms with Crippen LogP contribution in [0.25, 0.3) is 11.1 Å². The van der Waals surface area contributed by atoms with Crippen molar-refractivity contribution in [1.82, 2.24) is 10.2 Å². The molecule has 0 saturated carbocycles. The molecule has 5 atom stereocenters. The molecular weight excluding hydrogens is 560 g/mol. The average Bonchev–Trinajstić information content (AvgIpc) is 3.45. The van der Waals surface area contributed by atoms with E-state index in [2.05, 4.69) is 23.2 Å². The van der Waals surface area contributed by atoms with Crippen molar-refractivity contribution in [2.45, 2.75) is 70.4 Å². The Morgan fingerprint density at radius 2 is 1.68 bits per heavy atom. The van der Waals surface area contributed by atoms with Gasteiger partial charge < -0.3 is 30.1 Å². The SMILES string of the molecule is CC1C(CN2CCC(O)C2)OC(c2cccc(-c3cccc(CNC(=O)CCCC(=O)O)c3)c2)OC1c1ccc(CO)cc1. The van der Waals surface area contributed by atoms with Gasteiger partial charge in [0.15, 0.2) is 6.29 Å². The average molecular weight is 603 g/mol. The van der Waals surface area contributed by atoms with Crippen LogP contribution in [0.15, 0.2) is 72.8 Å². The summed E-state index contributed by atoms with van der Waals surface area (Å²) < 4.78 is 13.3. The maximum atomic E-state index is 12.1. The highest BCUT2D eigenvalue weighted by molar-refractivity contribution is 5.76. The Balaban J connectivity index is 1.33. The molecule has 5 unspecified atom stereocenters. The number of benzene rings is 3. The molecule has 2 aliphatic rings. The minimum atomic E-state index is -0.902. The maximum Gasteiger partial charge on any atom is 0.303 e. The second-order valence-corrected chi connectivity index (χ2v) is 11.9. The first-order valence-electron chi connectivity index (χ1n) is 15.4. The lowest BCUT2D eigenvalue weighted by Gasteiger charge is -2.42. The molecule has 0 aliphatic carbocycles. The third-order valence-corrected chi connectivity index (χ3v) is 8.51. The lowest BCUT2D eigenvalue weighted by atomic mass is 9.90. The third-order valence-electron chi connectivity index (χ3n) is 8.51. The number of carbonyl (C=O) groups is 2. The zero-order valence-electron chi connectivity index (χ0n) is 25.1. The van der Waals surface area contributed by atoms with Crippen LogP contribution in [0, 0.1) is 5.92 Å². The maximum absolute atomic E-state index is 12.1. The summed E-state index contributed by atoms with van der Waals surface area (Å²) in [5.41, 5.74) is 5.70. The molecule has 0 bridgehead atoms. The molecule has 9 heteroatoms. The van der Waals surface area contributed by atoms with Crippen LogP contribution in [-0.4, -0.2) is 63.9 Å². The van der Waals surface area contributed by atoms with E-state index in [1.165, 1.54) is 0 Å². The number of carboxylic acid groups (broad SMARTS) is 1. The molecule has 4 N–H and O–H groups in total. The number of aliphatic carboxylic acids is 1. The fraction of sp³-hybridized carbons (Fsp3) is 0.429. The monoisotopic (exact) mass is 602 g/mol. The molecule has 5 rings (SSSR count). The molecule has 3 aromatic rings. The van der Waals surface area contributed by atoms with Gasteiger partial charge in [-0.3, -0.25) is 14.5 Å². The van der Waals surface area contributed by atoms with Crippen LogP contribution in [0.5, 0.6) is 0 Å². The van der Waals surface area contributed by atoms with Crippen LogP contribution in [0.3, 0.4) is 0 Å². The van der Waals surface area contributed by atoms with Crippen molar-refractivity contribution in [1.29, 1.82) is 0 Å². The Morgan fingerprint density at radius 1 is 0.932 bits per heavy atom. The number of carbonyl (C=O) groups excluding carboxylic acids is 1. The highest BCUT2D eigenvalue weighted by atomic mass is 16.7. The van der Waals surface area contributed by atoms with Crippen molar-refractivity contribution < 1.29 is 34.4 Å². The first-order chi connectivity index (χ1) is 21.3. The molecule has 0 spiro atoms. The van der Waals surface area contributed by atoms with Gasteiger partial charge >= 0.3 is 5.97 Å². The second-order valence-electron chi connectivity index (χ2n) is 11.9. The quantitative estimate of drug-likeness (QED) is 0.237. The van der Waals surface area contributed by atoms with E-state index < -0.39 is 12.3 Å².